The Morgan fingerprint density at radius 1 is 1.39 bits per heavy atom. The predicted molar refractivity (Wildman–Crippen MR) is 66.1 cm³/mol. The van der Waals surface area contributed by atoms with Crippen molar-refractivity contribution >= 4 is 19.7 Å². The van der Waals surface area contributed by atoms with Gasteiger partial charge in [0, 0.05) is 30.3 Å². The zero-order valence-corrected chi connectivity index (χ0v) is 11.7. The molecule has 0 atom stereocenters. The summed E-state index contributed by atoms with van der Waals surface area (Å²) >= 11 is 0. The number of rotatable bonds is 5. The van der Waals surface area contributed by atoms with Gasteiger partial charge in [-0.3, -0.25) is 4.57 Å². The zero-order valence-electron chi connectivity index (χ0n) is 10.2. The summed E-state index contributed by atoms with van der Waals surface area (Å²) in [4.78, 5) is 0. The number of aromatic nitrogens is 3. The van der Waals surface area contributed by atoms with Crippen LogP contribution < -0.4 is 0 Å². The van der Waals surface area contributed by atoms with Gasteiger partial charge in [0.25, 0.3) is 14.2 Å². The first kappa shape index (κ1) is 13.8. The third-order valence-corrected chi connectivity index (χ3v) is 4.36. The molecular formula is C10H16ClN3O3S. The summed E-state index contributed by atoms with van der Waals surface area (Å²) in [6.07, 6.45) is 4.33. The van der Waals surface area contributed by atoms with Crippen molar-refractivity contribution in [3.63, 3.8) is 0 Å². The summed E-state index contributed by atoms with van der Waals surface area (Å²) in [7, 11) is 3.07. The Labute approximate surface area is 111 Å². The molecule has 0 radical (unpaired) electrons. The van der Waals surface area contributed by atoms with Gasteiger partial charge in [-0.25, -0.2) is 8.42 Å². The molecule has 0 amide bonds. The molecular weight excluding hydrogens is 278 g/mol. The highest BCUT2D eigenvalue weighted by atomic mass is 35.7. The van der Waals surface area contributed by atoms with Gasteiger partial charge in [0.15, 0.2) is 0 Å². The van der Waals surface area contributed by atoms with Gasteiger partial charge in [-0.2, -0.15) is 0 Å². The number of methoxy groups -OCH3 is 1. The Morgan fingerprint density at radius 3 is 2.61 bits per heavy atom. The fourth-order valence-electron chi connectivity index (χ4n) is 2.36. The van der Waals surface area contributed by atoms with E-state index in [0.29, 0.717) is 19.0 Å². The molecule has 8 heteroatoms. The van der Waals surface area contributed by atoms with Crippen molar-refractivity contribution in [2.75, 3.05) is 13.7 Å². The van der Waals surface area contributed by atoms with Crippen molar-refractivity contribution in [2.45, 2.75) is 43.3 Å². The summed E-state index contributed by atoms with van der Waals surface area (Å²) in [5.74, 6) is 0.991. The van der Waals surface area contributed by atoms with Crippen LogP contribution in [0.1, 0.15) is 37.4 Å². The number of halogens is 1. The van der Waals surface area contributed by atoms with E-state index in [4.69, 9.17) is 15.4 Å². The molecule has 0 spiro atoms. The lowest BCUT2D eigenvalue weighted by atomic mass is 10.1. The van der Waals surface area contributed by atoms with E-state index in [0.717, 1.165) is 25.7 Å². The van der Waals surface area contributed by atoms with Crippen molar-refractivity contribution in [2.24, 2.45) is 0 Å². The minimum atomic E-state index is -3.87. The number of hydrogen-bond acceptors (Lipinski definition) is 5. The van der Waals surface area contributed by atoms with Crippen molar-refractivity contribution in [3.8, 4) is 0 Å². The highest BCUT2D eigenvalue weighted by Gasteiger charge is 2.28. The highest BCUT2D eigenvalue weighted by Crippen LogP contribution is 2.34. The molecule has 6 nitrogen and oxygen atoms in total. The quantitative estimate of drug-likeness (QED) is 0.769. The lowest BCUT2D eigenvalue weighted by Gasteiger charge is -2.12. The van der Waals surface area contributed by atoms with Crippen LogP contribution in [0, 0.1) is 0 Å². The van der Waals surface area contributed by atoms with Gasteiger partial charge in [-0.15, -0.1) is 10.2 Å². The fourth-order valence-corrected chi connectivity index (χ4v) is 3.29. The topological polar surface area (TPSA) is 74.1 Å². The average molecular weight is 294 g/mol. The Hall–Kier alpha value is -0.660. The van der Waals surface area contributed by atoms with E-state index < -0.39 is 9.05 Å². The Bertz CT molecular complexity index is 508. The minimum Gasteiger partial charge on any atom is -0.383 e. The third-order valence-electron chi connectivity index (χ3n) is 3.20. The molecule has 0 aliphatic heterocycles. The van der Waals surface area contributed by atoms with Crippen LogP contribution in [-0.4, -0.2) is 36.9 Å². The highest BCUT2D eigenvalue weighted by molar-refractivity contribution is 8.13. The van der Waals surface area contributed by atoms with E-state index in [-0.39, 0.29) is 11.1 Å². The molecule has 1 aliphatic carbocycles. The molecule has 1 heterocycles. The second-order valence-corrected chi connectivity index (χ2v) is 6.86. The van der Waals surface area contributed by atoms with Crippen LogP contribution in [0.15, 0.2) is 5.16 Å². The maximum absolute atomic E-state index is 11.4. The molecule has 1 aromatic heterocycles. The Kier molecular flexibility index (Phi) is 4.24. The van der Waals surface area contributed by atoms with Gasteiger partial charge >= 0.3 is 0 Å². The van der Waals surface area contributed by atoms with Gasteiger partial charge in [-0.05, 0) is 12.8 Å². The Balaban J connectivity index is 2.36. The van der Waals surface area contributed by atoms with Gasteiger partial charge in [0.2, 0.25) is 0 Å². The standard InChI is InChI=1S/C10H16ClN3O3S/c1-17-7-6-14-9(8-4-2-3-5-8)12-13-10(14)18(11,15)16/h8H,2-7H2,1H3. The van der Waals surface area contributed by atoms with E-state index in [2.05, 4.69) is 10.2 Å². The van der Waals surface area contributed by atoms with Gasteiger partial charge in [0.05, 0.1) is 6.61 Å². The first-order valence-corrected chi connectivity index (χ1v) is 8.21. The molecule has 1 aromatic rings. The minimum absolute atomic E-state index is 0.178. The van der Waals surface area contributed by atoms with Crippen LogP contribution in [-0.2, 0) is 20.3 Å². The van der Waals surface area contributed by atoms with Crippen LogP contribution in [0.5, 0.6) is 0 Å². The molecule has 18 heavy (non-hydrogen) atoms. The second-order valence-electron chi connectivity index (χ2n) is 4.40. The summed E-state index contributed by atoms with van der Waals surface area (Å²) in [5, 5.41) is 7.56. The summed E-state index contributed by atoms with van der Waals surface area (Å²) in [6.45, 7) is 0.799. The molecule has 1 saturated carbocycles. The average Bonchev–Trinajstić information content (AvgIpc) is 2.93. The van der Waals surface area contributed by atoms with Crippen LogP contribution >= 0.6 is 10.7 Å². The Morgan fingerprint density at radius 2 is 2.06 bits per heavy atom. The van der Waals surface area contributed by atoms with Crippen molar-refractivity contribution < 1.29 is 13.2 Å². The SMILES string of the molecule is COCCn1c(C2CCCC2)nnc1S(=O)(=O)Cl. The molecule has 0 aromatic carbocycles. The maximum Gasteiger partial charge on any atom is 0.296 e. The van der Waals surface area contributed by atoms with Crippen molar-refractivity contribution in [1.82, 2.24) is 14.8 Å². The lowest BCUT2D eigenvalue weighted by Crippen LogP contribution is -2.14. The summed E-state index contributed by atoms with van der Waals surface area (Å²) < 4.78 is 29.5. The number of ether oxygens (including phenoxy) is 1. The first-order valence-electron chi connectivity index (χ1n) is 5.90. The van der Waals surface area contributed by atoms with Crippen LogP contribution in [0.2, 0.25) is 0 Å². The molecule has 0 bridgehead atoms. The molecule has 0 unspecified atom stereocenters. The lowest BCUT2D eigenvalue weighted by molar-refractivity contribution is 0.183. The van der Waals surface area contributed by atoms with Gasteiger partial charge in [-0.1, -0.05) is 12.8 Å². The molecule has 0 N–H and O–H groups in total. The van der Waals surface area contributed by atoms with E-state index in [9.17, 15) is 8.42 Å². The van der Waals surface area contributed by atoms with E-state index in [1.807, 2.05) is 0 Å². The van der Waals surface area contributed by atoms with Crippen LogP contribution in [0.3, 0.4) is 0 Å². The van der Waals surface area contributed by atoms with Gasteiger partial charge in [0.1, 0.15) is 5.82 Å². The zero-order chi connectivity index (χ0) is 13.2. The summed E-state index contributed by atoms with van der Waals surface area (Å²) in [5.41, 5.74) is 0. The van der Waals surface area contributed by atoms with Crippen LogP contribution in [0.4, 0.5) is 0 Å². The molecule has 1 fully saturated rings. The van der Waals surface area contributed by atoms with Crippen molar-refractivity contribution in [1.29, 1.82) is 0 Å². The van der Waals surface area contributed by atoms with Crippen LogP contribution in [0.25, 0.3) is 0 Å². The normalized spacial score (nSPS) is 17.4. The molecule has 1 aliphatic rings. The fraction of sp³-hybridized carbons (Fsp3) is 0.800. The maximum atomic E-state index is 11.4. The van der Waals surface area contributed by atoms with E-state index in [1.165, 1.54) is 0 Å². The predicted octanol–water partition coefficient (Wildman–Crippen LogP) is 1.51. The largest absolute Gasteiger partial charge is 0.383 e. The summed E-state index contributed by atoms with van der Waals surface area (Å²) in [6, 6.07) is 0. The monoisotopic (exact) mass is 293 g/mol. The van der Waals surface area contributed by atoms with Gasteiger partial charge < -0.3 is 4.74 Å². The smallest absolute Gasteiger partial charge is 0.296 e. The van der Waals surface area contributed by atoms with E-state index in [1.54, 1.807) is 11.7 Å². The molecule has 102 valence electrons. The third kappa shape index (κ3) is 2.84. The molecule has 0 saturated heterocycles. The van der Waals surface area contributed by atoms with E-state index >= 15 is 0 Å². The van der Waals surface area contributed by atoms with Crippen molar-refractivity contribution in [3.05, 3.63) is 5.82 Å². The first-order chi connectivity index (χ1) is 8.54. The number of hydrogen-bond donors (Lipinski definition) is 0. The second kappa shape index (κ2) is 5.54. The molecule has 2 rings (SSSR count). The number of nitrogens with zero attached hydrogens (tertiary/aromatic N) is 3.